The van der Waals surface area contributed by atoms with Crippen LogP contribution in [0.1, 0.15) is 31.0 Å². The molecule has 6 heteroatoms. The predicted octanol–water partition coefficient (Wildman–Crippen LogP) is 1.35. The molecule has 0 radical (unpaired) electrons. The summed E-state index contributed by atoms with van der Waals surface area (Å²) in [5, 5.41) is 12.1. The van der Waals surface area contributed by atoms with Gasteiger partial charge in [0.2, 0.25) is 11.8 Å². The minimum absolute atomic E-state index is 0.214. The Morgan fingerprint density at radius 3 is 2.50 bits per heavy atom. The lowest BCUT2D eigenvalue weighted by atomic mass is 9.96. The Kier molecular flexibility index (Phi) is 3.86. The summed E-state index contributed by atoms with van der Waals surface area (Å²) in [7, 11) is 0. The van der Waals surface area contributed by atoms with E-state index >= 15 is 0 Å². The maximum Gasteiger partial charge on any atom is 0.307 e. The third-order valence-corrected chi connectivity index (χ3v) is 5.34. The maximum absolute atomic E-state index is 13.0. The van der Waals surface area contributed by atoms with Crippen molar-refractivity contribution < 1.29 is 19.5 Å². The largest absolute Gasteiger partial charge is 0.481 e. The fraction of sp³-hybridized carbons (Fsp3) is 0.500. The minimum Gasteiger partial charge on any atom is -0.481 e. The number of piperazine rings is 1. The van der Waals surface area contributed by atoms with Crippen LogP contribution in [0.2, 0.25) is 0 Å². The molecule has 1 saturated heterocycles. The zero-order valence-electron chi connectivity index (χ0n) is 14.1. The number of carbonyl (C=O) groups excluding carboxylic acids is 2. The molecule has 0 spiro atoms. The Morgan fingerprint density at radius 2 is 1.92 bits per heavy atom. The second kappa shape index (κ2) is 5.61. The SMILES string of the molecule is Cc1ccccc1C1C(=O)NCCN1C(=O)[C@@H]1[C@H](C(=O)O)C1(C)C. The number of benzene rings is 1. The number of carboxylic acids is 1. The number of rotatable bonds is 3. The summed E-state index contributed by atoms with van der Waals surface area (Å²) in [6, 6.07) is 6.78. The van der Waals surface area contributed by atoms with Crippen molar-refractivity contribution in [3.63, 3.8) is 0 Å². The molecule has 1 saturated carbocycles. The van der Waals surface area contributed by atoms with Gasteiger partial charge in [-0.2, -0.15) is 0 Å². The molecule has 2 amide bonds. The third kappa shape index (κ3) is 2.46. The van der Waals surface area contributed by atoms with Gasteiger partial charge in [-0.1, -0.05) is 38.1 Å². The summed E-state index contributed by atoms with van der Waals surface area (Å²) >= 11 is 0. The highest BCUT2D eigenvalue weighted by atomic mass is 16.4. The molecular weight excluding hydrogens is 308 g/mol. The average molecular weight is 330 g/mol. The number of hydrogen-bond donors (Lipinski definition) is 2. The van der Waals surface area contributed by atoms with Gasteiger partial charge in [0.1, 0.15) is 6.04 Å². The summed E-state index contributed by atoms with van der Waals surface area (Å²) in [6.45, 7) is 6.27. The molecule has 1 aromatic carbocycles. The number of hydrogen-bond acceptors (Lipinski definition) is 3. The van der Waals surface area contributed by atoms with E-state index < -0.39 is 29.3 Å². The zero-order chi connectivity index (χ0) is 17.6. The van der Waals surface area contributed by atoms with Crippen molar-refractivity contribution in [2.24, 2.45) is 17.3 Å². The highest BCUT2D eigenvalue weighted by Crippen LogP contribution is 2.59. The van der Waals surface area contributed by atoms with Gasteiger partial charge in [-0.25, -0.2) is 0 Å². The number of nitrogens with one attached hydrogen (secondary N) is 1. The summed E-state index contributed by atoms with van der Waals surface area (Å²) in [5.74, 6) is -2.67. The molecule has 2 N–H and O–H groups in total. The van der Waals surface area contributed by atoms with Crippen LogP contribution in [0.3, 0.4) is 0 Å². The first kappa shape index (κ1) is 16.5. The number of carboxylic acid groups (broad SMARTS) is 1. The minimum atomic E-state index is -0.952. The topological polar surface area (TPSA) is 86.7 Å². The van der Waals surface area contributed by atoms with E-state index in [1.807, 2.05) is 31.2 Å². The molecule has 3 rings (SSSR count). The molecule has 6 nitrogen and oxygen atoms in total. The smallest absolute Gasteiger partial charge is 0.307 e. The molecule has 1 aromatic rings. The first-order valence-corrected chi connectivity index (χ1v) is 8.13. The van der Waals surface area contributed by atoms with E-state index in [-0.39, 0.29) is 11.8 Å². The fourth-order valence-electron chi connectivity index (χ4n) is 3.85. The lowest BCUT2D eigenvalue weighted by Gasteiger charge is -2.36. The van der Waals surface area contributed by atoms with E-state index in [1.165, 1.54) is 0 Å². The molecule has 3 atom stereocenters. The van der Waals surface area contributed by atoms with Crippen LogP contribution in [-0.2, 0) is 14.4 Å². The first-order valence-electron chi connectivity index (χ1n) is 8.13. The maximum atomic E-state index is 13.0. The van der Waals surface area contributed by atoms with Crippen LogP contribution in [0.5, 0.6) is 0 Å². The molecule has 128 valence electrons. The van der Waals surface area contributed by atoms with Gasteiger partial charge in [0.05, 0.1) is 11.8 Å². The lowest BCUT2D eigenvalue weighted by Crippen LogP contribution is -2.53. The van der Waals surface area contributed by atoms with E-state index in [2.05, 4.69) is 5.32 Å². The number of aliphatic carboxylic acids is 1. The van der Waals surface area contributed by atoms with Crippen molar-refractivity contribution in [1.82, 2.24) is 10.2 Å². The second-order valence-corrected chi connectivity index (χ2v) is 7.20. The van der Waals surface area contributed by atoms with Crippen LogP contribution in [0.15, 0.2) is 24.3 Å². The van der Waals surface area contributed by atoms with Crippen LogP contribution in [-0.4, -0.2) is 40.9 Å². The molecular formula is C18H22N2O4. The van der Waals surface area contributed by atoms with Crippen molar-refractivity contribution in [2.45, 2.75) is 26.8 Å². The van der Waals surface area contributed by atoms with Crippen LogP contribution in [0.25, 0.3) is 0 Å². The van der Waals surface area contributed by atoms with Gasteiger partial charge in [0.25, 0.3) is 0 Å². The molecule has 1 heterocycles. The Labute approximate surface area is 140 Å². The zero-order valence-corrected chi connectivity index (χ0v) is 14.1. The second-order valence-electron chi connectivity index (χ2n) is 7.20. The summed E-state index contributed by atoms with van der Waals surface area (Å²) in [5.41, 5.74) is 1.14. The average Bonchev–Trinajstić information content (AvgIpc) is 3.10. The molecule has 1 unspecified atom stereocenters. The van der Waals surface area contributed by atoms with Crippen LogP contribution >= 0.6 is 0 Å². The van der Waals surface area contributed by atoms with Crippen molar-refractivity contribution in [3.05, 3.63) is 35.4 Å². The fourth-order valence-corrected chi connectivity index (χ4v) is 3.85. The Morgan fingerprint density at radius 1 is 1.25 bits per heavy atom. The van der Waals surface area contributed by atoms with Crippen LogP contribution < -0.4 is 5.32 Å². The molecule has 24 heavy (non-hydrogen) atoms. The summed E-state index contributed by atoms with van der Waals surface area (Å²) < 4.78 is 0. The first-order chi connectivity index (χ1) is 11.3. The molecule has 1 aliphatic heterocycles. The van der Waals surface area contributed by atoms with Crippen molar-refractivity contribution in [2.75, 3.05) is 13.1 Å². The number of amides is 2. The Bertz CT molecular complexity index is 713. The predicted molar refractivity (Wildman–Crippen MR) is 87.0 cm³/mol. The van der Waals surface area contributed by atoms with Crippen LogP contribution in [0.4, 0.5) is 0 Å². The molecule has 0 bridgehead atoms. The van der Waals surface area contributed by atoms with Crippen LogP contribution in [0, 0.1) is 24.2 Å². The number of nitrogens with zero attached hydrogens (tertiary/aromatic N) is 1. The van der Waals surface area contributed by atoms with Gasteiger partial charge < -0.3 is 15.3 Å². The van der Waals surface area contributed by atoms with Gasteiger partial charge in [-0.05, 0) is 23.5 Å². The van der Waals surface area contributed by atoms with Gasteiger partial charge in [0, 0.05) is 13.1 Å². The Balaban J connectivity index is 1.93. The molecule has 1 aliphatic carbocycles. The number of carbonyl (C=O) groups is 3. The summed E-state index contributed by atoms with van der Waals surface area (Å²) in [4.78, 5) is 38.4. The van der Waals surface area contributed by atoms with E-state index in [4.69, 9.17) is 0 Å². The van der Waals surface area contributed by atoms with Crippen molar-refractivity contribution >= 4 is 17.8 Å². The normalized spacial score (nSPS) is 28.2. The molecule has 2 aliphatic rings. The van der Waals surface area contributed by atoms with Gasteiger partial charge >= 0.3 is 5.97 Å². The van der Waals surface area contributed by atoms with Crippen molar-refractivity contribution in [3.8, 4) is 0 Å². The van der Waals surface area contributed by atoms with Gasteiger partial charge in [-0.15, -0.1) is 0 Å². The molecule has 0 aromatic heterocycles. The lowest BCUT2D eigenvalue weighted by molar-refractivity contribution is -0.146. The third-order valence-electron chi connectivity index (χ3n) is 5.34. The quantitative estimate of drug-likeness (QED) is 0.876. The van der Waals surface area contributed by atoms with E-state index in [0.717, 1.165) is 11.1 Å². The van der Waals surface area contributed by atoms with Gasteiger partial charge in [-0.3, -0.25) is 14.4 Å². The Hall–Kier alpha value is -2.37. The van der Waals surface area contributed by atoms with E-state index in [0.29, 0.717) is 13.1 Å². The van der Waals surface area contributed by atoms with E-state index in [9.17, 15) is 19.5 Å². The van der Waals surface area contributed by atoms with Crippen molar-refractivity contribution in [1.29, 1.82) is 0 Å². The monoisotopic (exact) mass is 330 g/mol. The van der Waals surface area contributed by atoms with Gasteiger partial charge in [0.15, 0.2) is 0 Å². The summed E-state index contributed by atoms with van der Waals surface area (Å²) in [6.07, 6.45) is 0. The standard InChI is InChI=1S/C18H22N2O4/c1-10-6-4-5-7-11(10)14-15(21)19-8-9-20(14)16(22)12-13(17(23)24)18(12,2)3/h4-7,12-14H,8-9H2,1-3H3,(H,19,21)(H,23,24)/t12-,13+,14?/m0/s1. The highest BCUT2D eigenvalue weighted by Gasteiger charge is 2.67. The molecule has 2 fully saturated rings. The highest BCUT2D eigenvalue weighted by molar-refractivity contribution is 5.95. The van der Waals surface area contributed by atoms with E-state index in [1.54, 1.807) is 18.7 Å². The number of aryl methyl sites for hydroxylation is 1.